The third-order valence-electron chi connectivity index (χ3n) is 6.37. The number of halogens is 1. The van der Waals surface area contributed by atoms with Crippen LogP contribution in [0.3, 0.4) is 0 Å². The Kier molecular flexibility index (Phi) is 7.39. The molecule has 0 aromatic carbocycles. The van der Waals surface area contributed by atoms with Crippen molar-refractivity contribution in [3.05, 3.63) is 41.9 Å². The fourth-order valence-electron chi connectivity index (χ4n) is 4.26. The summed E-state index contributed by atoms with van der Waals surface area (Å²) in [6, 6.07) is 6.29. The standard InChI is InChI=1S/C24H28ClN7O3/c25-22-21-17(7-8-26-22)3-6-20(32-21)30-18-4-1-15(2-5-18)9-27-23-28-10-19(11-29-23)31-24(33)35-14-16-12-34-13-16/h3,6-8,10-11,15-16,18H,1-2,4-5,9,12-14H2,(H,30,32)(H,31,33)(H,27,28,29)/t15-,18-. The van der Waals surface area contributed by atoms with Gasteiger partial charge in [0.25, 0.3) is 0 Å². The zero-order valence-corrected chi connectivity index (χ0v) is 20.0. The first-order valence-electron chi connectivity index (χ1n) is 11.9. The van der Waals surface area contributed by atoms with Crippen molar-refractivity contribution in [2.24, 2.45) is 11.8 Å². The molecule has 0 bridgehead atoms. The Morgan fingerprint density at radius 2 is 1.86 bits per heavy atom. The molecule has 1 aliphatic heterocycles. The zero-order valence-electron chi connectivity index (χ0n) is 19.2. The Morgan fingerprint density at radius 3 is 2.60 bits per heavy atom. The maximum absolute atomic E-state index is 11.8. The first kappa shape index (κ1) is 23.5. The molecule has 3 aromatic heterocycles. The van der Waals surface area contributed by atoms with Gasteiger partial charge in [-0.1, -0.05) is 11.6 Å². The van der Waals surface area contributed by atoms with Crippen LogP contribution in [0.2, 0.25) is 5.15 Å². The second-order valence-electron chi connectivity index (χ2n) is 9.04. The summed E-state index contributed by atoms with van der Waals surface area (Å²) in [6.07, 6.45) is 8.64. The fraction of sp³-hybridized carbons (Fsp3) is 0.458. The minimum atomic E-state index is -0.509. The number of pyridine rings is 2. The van der Waals surface area contributed by atoms with E-state index >= 15 is 0 Å². The quantitative estimate of drug-likeness (QED) is 0.389. The van der Waals surface area contributed by atoms with Gasteiger partial charge in [-0.25, -0.2) is 24.7 Å². The predicted molar refractivity (Wildman–Crippen MR) is 134 cm³/mol. The lowest BCUT2D eigenvalue weighted by Crippen LogP contribution is -2.33. The van der Waals surface area contributed by atoms with Gasteiger partial charge in [0.05, 0.1) is 31.3 Å². The van der Waals surface area contributed by atoms with E-state index in [0.717, 1.165) is 48.9 Å². The first-order valence-corrected chi connectivity index (χ1v) is 12.3. The molecular weight excluding hydrogens is 470 g/mol. The minimum Gasteiger partial charge on any atom is -0.449 e. The zero-order chi connectivity index (χ0) is 24.0. The van der Waals surface area contributed by atoms with Gasteiger partial charge in [0.1, 0.15) is 17.9 Å². The molecule has 5 rings (SSSR count). The lowest BCUT2D eigenvalue weighted by Gasteiger charge is -2.29. The molecular formula is C24H28ClN7O3. The van der Waals surface area contributed by atoms with Gasteiger partial charge in [0.15, 0.2) is 5.15 Å². The highest BCUT2D eigenvalue weighted by atomic mass is 35.5. The van der Waals surface area contributed by atoms with Crippen molar-refractivity contribution in [1.82, 2.24) is 19.9 Å². The van der Waals surface area contributed by atoms with E-state index in [1.54, 1.807) is 18.6 Å². The molecule has 3 N–H and O–H groups in total. The van der Waals surface area contributed by atoms with Crippen LogP contribution < -0.4 is 16.0 Å². The van der Waals surface area contributed by atoms with Crippen LogP contribution in [0.15, 0.2) is 36.8 Å². The Morgan fingerprint density at radius 1 is 1.06 bits per heavy atom. The van der Waals surface area contributed by atoms with Crippen molar-refractivity contribution in [1.29, 1.82) is 0 Å². The van der Waals surface area contributed by atoms with E-state index in [9.17, 15) is 4.79 Å². The summed E-state index contributed by atoms with van der Waals surface area (Å²) in [7, 11) is 0. The molecule has 2 aliphatic rings. The monoisotopic (exact) mass is 497 g/mol. The molecule has 35 heavy (non-hydrogen) atoms. The Balaban J connectivity index is 1.03. The third kappa shape index (κ3) is 6.26. The minimum absolute atomic E-state index is 0.293. The van der Waals surface area contributed by atoms with Crippen molar-refractivity contribution in [3.63, 3.8) is 0 Å². The lowest BCUT2D eigenvalue weighted by atomic mass is 9.86. The van der Waals surface area contributed by atoms with Gasteiger partial charge in [0, 0.05) is 30.1 Å². The molecule has 2 fully saturated rings. The smallest absolute Gasteiger partial charge is 0.411 e. The van der Waals surface area contributed by atoms with Crippen LogP contribution in [0, 0.1) is 11.8 Å². The van der Waals surface area contributed by atoms with E-state index in [2.05, 4.69) is 35.9 Å². The molecule has 0 unspecified atom stereocenters. The molecule has 10 nitrogen and oxygen atoms in total. The van der Waals surface area contributed by atoms with Crippen LogP contribution in [0.25, 0.3) is 10.9 Å². The molecule has 11 heteroatoms. The van der Waals surface area contributed by atoms with Crippen LogP contribution in [0.4, 0.5) is 22.2 Å². The van der Waals surface area contributed by atoms with E-state index in [0.29, 0.717) is 54.5 Å². The van der Waals surface area contributed by atoms with Gasteiger partial charge < -0.3 is 20.1 Å². The van der Waals surface area contributed by atoms with E-state index in [-0.39, 0.29) is 0 Å². The van der Waals surface area contributed by atoms with E-state index in [1.807, 2.05) is 18.2 Å². The van der Waals surface area contributed by atoms with Crippen LogP contribution in [-0.2, 0) is 9.47 Å². The topological polar surface area (TPSA) is 123 Å². The average molecular weight is 498 g/mol. The van der Waals surface area contributed by atoms with Gasteiger partial charge in [-0.05, 0) is 49.8 Å². The molecule has 1 saturated heterocycles. The predicted octanol–water partition coefficient (Wildman–Crippen LogP) is 4.35. The summed E-state index contributed by atoms with van der Waals surface area (Å²) in [5.74, 6) is 2.21. The number of aromatic nitrogens is 4. The fourth-order valence-corrected chi connectivity index (χ4v) is 4.47. The summed E-state index contributed by atoms with van der Waals surface area (Å²) in [6.45, 7) is 2.45. The maximum atomic E-state index is 11.8. The number of nitrogens with zero attached hydrogens (tertiary/aromatic N) is 4. The second-order valence-corrected chi connectivity index (χ2v) is 9.39. The highest BCUT2D eigenvalue weighted by Gasteiger charge is 2.22. The molecule has 0 atom stereocenters. The summed E-state index contributed by atoms with van der Waals surface area (Å²) in [5.41, 5.74) is 1.22. The molecule has 1 saturated carbocycles. The van der Waals surface area contributed by atoms with Gasteiger partial charge in [0.2, 0.25) is 5.95 Å². The summed E-state index contributed by atoms with van der Waals surface area (Å²) in [5, 5.41) is 10.9. The molecule has 1 amide bonds. The van der Waals surface area contributed by atoms with E-state index in [1.165, 1.54) is 0 Å². The number of fused-ring (bicyclic) bond motifs is 1. The molecule has 4 heterocycles. The number of carbonyl (C=O) groups is 1. The summed E-state index contributed by atoms with van der Waals surface area (Å²) >= 11 is 6.19. The number of rotatable bonds is 8. The van der Waals surface area contributed by atoms with E-state index < -0.39 is 6.09 Å². The lowest BCUT2D eigenvalue weighted by molar-refractivity contribution is -0.0566. The van der Waals surface area contributed by atoms with Crippen LogP contribution in [0.5, 0.6) is 0 Å². The molecule has 0 radical (unpaired) electrons. The summed E-state index contributed by atoms with van der Waals surface area (Å²) < 4.78 is 10.2. The van der Waals surface area contributed by atoms with Gasteiger partial charge in [-0.3, -0.25) is 5.32 Å². The normalized spacial score (nSPS) is 20.1. The highest BCUT2D eigenvalue weighted by Crippen LogP contribution is 2.28. The van der Waals surface area contributed by atoms with Crippen molar-refractivity contribution in [3.8, 4) is 0 Å². The molecule has 0 spiro atoms. The van der Waals surface area contributed by atoms with Crippen molar-refractivity contribution < 1.29 is 14.3 Å². The Labute approximate surface area is 208 Å². The number of ether oxygens (including phenoxy) is 2. The molecule has 184 valence electrons. The van der Waals surface area contributed by atoms with Crippen molar-refractivity contribution in [2.75, 3.05) is 42.3 Å². The van der Waals surface area contributed by atoms with E-state index in [4.69, 9.17) is 21.1 Å². The Bertz CT molecular complexity index is 1150. The van der Waals surface area contributed by atoms with Crippen LogP contribution in [0.1, 0.15) is 25.7 Å². The van der Waals surface area contributed by atoms with Crippen molar-refractivity contribution in [2.45, 2.75) is 31.7 Å². The Hall–Kier alpha value is -3.24. The van der Waals surface area contributed by atoms with Crippen molar-refractivity contribution >= 4 is 46.1 Å². The largest absolute Gasteiger partial charge is 0.449 e. The van der Waals surface area contributed by atoms with Gasteiger partial charge >= 0.3 is 6.09 Å². The number of hydrogen-bond donors (Lipinski definition) is 3. The SMILES string of the molecule is O=C(Nc1cnc(NC[C@H]2CC[C@H](Nc3ccc4ccnc(Cl)c4n3)CC2)nc1)OCC1COC1. The number of carbonyl (C=O) groups excluding carboxylic acids is 1. The number of nitrogens with one attached hydrogen (secondary N) is 3. The maximum Gasteiger partial charge on any atom is 0.411 e. The summed E-state index contributed by atoms with van der Waals surface area (Å²) in [4.78, 5) is 29.2. The average Bonchev–Trinajstić information content (AvgIpc) is 2.84. The van der Waals surface area contributed by atoms with Crippen LogP contribution >= 0.6 is 11.6 Å². The first-order chi connectivity index (χ1) is 17.1. The number of hydrogen-bond acceptors (Lipinski definition) is 9. The number of amides is 1. The second kappa shape index (κ2) is 11.0. The molecule has 1 aliphatic carbocycles. The van der Waals surface area contributed by atoms with Gasteiger partial charge in [-0.2, -0.15) is 0 Å². The van der Waals surface area contributed by atoms with Crippen LogP contribution in [-0.4, -0.2) is 58.4 Å². The third-order valence-corrected chi connectivity index (χ3v) is 6.64. The highest BCUT2D eigenvalue weighted by molar-refractivity contribution is 6.33. The van der Waals surface area contributed by atoms with Gasteiger partial charge in [-0.15, -0.1) is 0 Å². The molecule has 3 aromatic rings. The number of anilines is 3.